The van der Waals surface area contributed by atoms with Gasteiger partial charge in [0, 0.05) is 15.5 Å². The molecule has 0 aromatic heterocycles. The van der Waals surface area contributed by atoms with Crippen molar-refractivity contribution in [2.45, 2.75) is 54.1 Å². The number of benzene rings is 5. The van der Waals surface area contributed by atoms with E-state index in [1.807, 2.05) is 11.8 Å². The van der Waals surface area contributed by atoms with Crippen molar-refractivity contribution in [1.29, 1.82) is 0 Å². The quantitative estimate of drug-likeness (QED) is 0.196. The predicted octanol–water partition coefficient (Wildman–Crippen LogP) is 8.62. The molecule has 3 heterocycles. The van der Waals surface area contributed by atoms with Crippen molar-refractivity contribution in [3.63, 3.8) is 0 Å². The van der Waals surface area contributed by atoms with Crippen LogP contribution in [-0.4, -0.2) is 18.3 Å². The molecule has 3 nitrogen and oxygen atoms in total. The van der Waals surface area contributed by atoms with Crippen molar-refractivity contribution in [3.8, 4) is 0 Å². The lowest BCUT2D eigenvalue weighted by Gasteiger charge is -2.49. The summed E-state index contributed by atoms with van der Waals surface area (Å²) >= 11 is 1.86. The summed E-state index contributed by atoms with van der Waals surface area (Å²) in [6, 6.07) is 44.3. The third kappa shape index (κ3) is 3.51. The lowest BCUT2D eigenvalue weighted by molar-refractivity contribution is 0.00578. The molecule has 0 bridgehead atoms. The molecule has 5 heteroatoms. The number of para-hydroxylation sites is 2. The zero-order valence-electron chi connectivity index (χ0n) is 24.3. The second kappa shape index (κ2) is 9.12. The first-order chi connectivity index (χ1) is 20.3. The summed E-state index contributed by atoms with van der Waals surface area (Å²) < 4.78 is 13.2. The molecular formula is C37H32BNO2S. The van der Waals surface area contributed by atoms with Crippen LogP contribution >= 0.6 is 11.8 Å². The lowest BCUT2D eigenvalue weighted by Crippen LogP contribution is -2.42. The molecule has 3 aliphatic heterocycles. The highest BCUT2D eigenvalue weighted by Crippen LogP contribution is 2.62. The number of hydrogen-bond donors (Lipinski definition) is 0. The second-order valence-corrected chi connectivity index (χ2v) is 13.5. The van der Waals surface area contributed by atoms with Gasteiger partial charge in [-0.05, 0) is 91.8 Å². The second-order valence-electron chi connectivity index (χ2n) is 12.4. The molecule has 206 valence electrons. The van der Waals surface area contributed by atoms with E-state index >= 15 is 0 Å². The Hall–Kier alpha value is -3.77. The summed E-state index contributed by atoms with van der Waals surface area (Å²) in [5.41, 5.74) is 8.28. The molecule has 5 aromatic rings. The lowest BCUT2D eigenvalue weighted by atomic mass is 9.61. The first kappa shape index (κ1) is 25.9. The molecule has 1 saturated heterocycles. The summed E-state index contributed by atoms with van der Waals surface area (Å²) in [7, 11) is -0.455. The number of rotatable bonds is 2. The molecule has 8 rings (SSSR count). The fourth-order valence-corrected chi connectivity index (χ4v) is 8.06. The summed E-state index contributed by atoms with van der Waals surface area (Å²) in [5.74, 6) is 0. The normalized spacial score (nSPS) is 18.7. The van der Waals surface area contributed by atoms with Gasteiger partial charge in [0.25, 0.3) is 0 Å². The third-order valence-electron chi connectivity index (χ3n) is 9.56. The van der Waals surface area contributed by atoms with Gasteiger partial charge in [0.2, 0.25) is 0 Å². The average Bonchev–Trinajstić information content (AvgIpc) is 3.23. The Morgan fingerprint density at radius 3 is 1.71 bits per heavy atom. The van der Waals surface area contributed by atoms with Gasteiger partial charge in [-0.1, -0.05) is 96.7 Å². The van der Waals surface area contributed by atoms with E-state index in [1.165, 1.54) is 37.7 Å². The van der Waals surface area contributed by atoms with E-state index in [0.29, 0.717) is 0 Å². The van der Waals surface area contributed by atoms with Crippen LogP contribution in [0.4, 0.5) is 17.1 Å². The van der Waals surface area contributed by atoms with Crippen LogP contribution in [0.2, 0.25) is 0 Å². The van der Waals surface area contributed by atoms with Crippen molar-refractivity contribution < 1.29 is 9.31 Å². The highest BCUT2D eigenvalue weighted by Gasteiger charge is 2.54. The van der Waals surface area contributed by atoms with Crippen LogP contribution in [0.5, 0.6) is 0 Å². The van der Waals surface area contributed by atoms with Gasteiger partial charge in [0.1, 0.15) is 0 Å². The van der Waals surface area contributed by atoms with Crippen molar-refractivity contribution in [2.24, 2.45) is 0 Å². The van der Waals surface area contributed by atoms with Crippen molar-refractivity contribution in [2.75, 3.05) is 4.90 Å². The van der Waals surface area contributed by atoms with E-state index in [4.69, 9.17) is 9.31 Å². The Morgan fingerprint density at radius 1 is 0.548 bits per heavy atom. The van der Waals surface area contributed by atoms with E-state index in [0.717, 1.165) is 16.8 Å². The van der Waals surface area contributed by atoms with E-state index < -0.39 is 23.7 Å². The highest BCUT2D eigenvalue weighted by molar-refractivity contribution is 7.99. The zero-order valence-corrected chi connectivity index (χ0v) is 25.1. The molecule has 0 atom stereocenters. The number of anilines is 3. The maximum Gasteiger partial charge on any atom is 0.494 e. The van der Waals surface area contributed by atoms with Gasteiger partial charge < -0.3 is 14.2 Å². The molecule has 3 aliphatic rings. The van der Waals surface area contributed by atoms with E-state index in [9.17, 15) is 0 Å². The SMILES string of the molecule is CC1(C)OB(c2ccc3c(c2)C2(c4ccccc4Sc4ccccc42)c2ccccc2N3c2ccccc2)OC1(C)C. The predicted molar refractivity (Wildman–Crippen MR) is 173 cm³/mol. The molecule has 0 unspecified atom stereocenters. The van der Waals surface area contributed by atoms with Gasteiger partial charge in [0.05, 0.1) is 28.0 Å². The van der Waals surface area contributed by atoms with Crippen LogP contribution in [0.15, 0.2) is 131 Å². The Kier molecular flexibility index (Phi) is 5.62. The monoisotopic (exact) mass is 565 g/mol. The van der Waals surface area contributed by atoms with E-state index in [2.05, 4.69) is 154 Å². The van der Waals surface area contributed by atoms with Crippen LogP contribution in [0.1, 0.15) is 49.9 Å². The van der Waals surface area contributed by atoms with Gasteiger partial charge in [0.15, 0.2) is 0 Å². The number of hydrogen-bond acceptors (Lipinski definition) is 4. The maximum atomic E-state index is 6.60. The first-order valence-electron chi connectivity index (χ1n) is 14.6. The smallest absolute Gasteiger partial charge is 0.399 e. The van der Waals surface area contributed by atoms with E-state index in [1.54, 1.807) is 0 Å². The molecular weight excluding hydrogens is 533 g/mol. The molecule has 0 aliphatic carbocycles. The van der Waals surface area contributed by atoms with Gasteiger partial charge >= 0.3 is 7.12 Å². The summed E-state index contributed by atoms with van der Waals surface area (Å²) in [5, 5.41) is 0. The van der Waals surface area contributed by atoms with Gasteiger partial charge in [-0.2, -0.15) is 0 Å². The average molecular weight is 566 g/mol. The molecule has 1 fully saturated rings. The summed E-state index contributed by atoms with van der Waals surface area (Å²) in [6.07, 6.45) is 0. The van der Waals surface area contributed by atoms with Crippen molar-refractivity contribution in [1.82, 2.24) is 0 Å². The molecule has 0 N–H and O–H groups in total. The number of nitrogens with zero attached hydrogens (tertiary/aromatic N) is 1. The molecule has 5 aromatic carbocycles. The Morgan fingerprint density at radius 2 is 1.07 bits per heavy atom. The van der Waals surface area contributed by atoms with Crippen LogP contribution in [0, 0.1) is 0 Å². The first-order valence-corrected chi connectivity index (χ1v) is 15.4. The Labute approximate surface area is 252 Å². The fourth-order valence-electron chi connectivity index (χ4n) is 6.87. The summed E-state index contributed by atoms with van der Waals surface area (Å²) in [6.45, 7) is 8.46. The van der Waals surface area contributed by atoms with E-state index in [-0.39, 0.29) is 0 Å². The van der Waals surface area contributed by atoms with Crippen molar-refractivity contribution >= 4 is 41.4 Å². The van der Waals surface area contributed by atoms with Crippen LogP contribution < -0.4 is 10.4 Å². The fraction of sp³-hybridized carbons (Fsp3) is 0.189. The number of fused-ring (bicyclic) bond motifs is 8. The maximum absolute atomic E-state index is 6.60. The zero-order chi connectivity index (χ0) is 28.7. The molecule has 1 spiro atoms. The minimum atomic E-state index is -0.519. The van der Waals surface area contributed by atoms with Gasteiger partial charge in [-0.3, -0.25) is 0 Å². The Balaban J connectivity index is 1.48. The van der Waals surface area contributed by atoms with Gasteiger partial charge in [-0.15, -0.1) is 0 Å². The highest BCUT2D eigenvalue weighted by atomic mass is 32.2. The topological polar surface area (TPSA) is 21.7 Å². The van der Waals surface area contributed by atoms with Crippen LogP contribution in [0.25, 0.3) is 0 Å². The third-order valence-corrected chi connectivity index (χ3v) is 10.7. The minimum Gasteiger partial charge on any atom is -0.399 e. The van der Waals surface area contributed by atoms with Crippen LogP contribution in [-0.2, 0) is 14.7 Å². The molecule has 0 radical (unpaired) electrons. The molecule has 0 amide bonds. The largest absolute Gasteiger partial charge is 0.494 e. The Bertz CT molecular complexity index is 1790. The molecule has 42 heavy (non-hydrogen) atoms. The standard InChI is InChI=1S/C37H32BNO2S/c1-35(2)36(3,4)41-38(40-35)25-22-23-32-30(24-25)37(27-16-8-11-19-31(27)39(32)26-14-6-5-7-15-26)28-17-9-12-20-33(28)42-34-21-13-10-18-29(34)37/h5-24H,1-4H3. The summed E-state index contributed by atoms with van der Waals surface area (Å²) in [4.78, 5) is 4.98. The minimum absolute atomic E-state index is 0.422. The van der Waals surface area contributed by atoms with Gasteiger partial charge in [-0.25, -0.2) is 0 Å². The van der Waals surface area contributed by atoms with Crippen LogP contribution in [0.3, 0.4) is 0 Å². The van der Waals surface area contributed by atoms with Crippen molar-refractivity contribution in [3.05, 3.63) is 144 Å². The molecule has 0 saturated carbocycles.